The van der Waals surface area contributed by atoms with Crippen LogP contribution >= 0.6 is 0 Å². The first kappa shape index (κ1) is 13.6. The SMILES string of the molecule is Cn1c(C2CCCC2)nc2cc(CC(C)(C)N)ccc21. The van der Waals surface area contributed by atoms with E-state index in [-0.39, 0.29) is 5.54 Å². The Bertz CT molecular complexity index is 613. The minimum Gasteiger partial charge on any atom is -0.331 e. The molecule has 1 heterocycles. The van der Waals surface area contributed by atoms with Crippen LogP contribution in [0.2, 0.25) is 0 Å². The molecule has 0 aliphatic heterocycles. The largest absolute Gasteiger partial charge is 0.331 e. The van der Waals surface area contributed by atoms with Crippen molar-refractivity contribution >= 4 is 11.0 Å². The minimum atomic E-state index is -0.170. The molecule has 0 radical (unpaired) electrons. The van der Waals surface area contributed by atoms with Crippen molar-refractivity contribution in [3.05, 3.63) is 29.6 Å². The van der Waals surface area contributed by atoms with E-state index in [4.69, 9.17) is 10.7 Å². The fourth-order valence-corrected chi connectivity index (χ4v) is 3.45. The molecular formula is C17H25N3. The zero-order valence-electron chi connectivity index (χ0n) is 12.8. The van der Waals surface area contributed by atoms with E-state index in [2.05, 4.69) is 43.7 Å². The molecule has 0 bridgehead atoms. The summed E-state index contributed by atoms with van der Waals surface area (Å²) in [6, 6.07) is 6.60. The quantitative estimate of drug-likeness (QED) is 0.928. The summed E-state index contributed by atoms with van der Waals surface area (Å²) in [5, 5.41) is 0. The zero-order chi connectivity index (χ0) is 14.3. The van der Waals surface area contributed by atoms with E-state index in [0.717, 1.165) is 11.9 Å². The monoisotopic (exact) mass is 271 g/mol. The number of aryl methyl sites for hydroxylation is 1. The Morgan fingerprint density at radius 3 is 2.65 bits per heavy atom. The lowest BCUT2D eigenvalue weighted by Crippen LogP contribution is -2.34. The second-order valence-electron chi connectivity index (χ2n) is 7.00. The maximum absolute atomic E-state index is 6.12. The second-order valence-corrected chi connectivity index (χ2v) is 7.00. The van der Waals surface area contributed by atoms with Gasteiger partial charge < -0.3 is 10.3 Å². The predicted molar refractivity (Wildman–Crippen MR) is 83.9 cm³/mol. The summed E-state index contributed by atoms with van der Waals surface area (Å²) in [5.74, 6) is 1.92. The lowest BCUT2D eigenvalue weighted by atomic mass is 9.96. The molecule has 0 amide bonds. The van der Waals surface area contributed by atoms with Crippen LogP contribution in [0.1, 0.15) is 56.8 Å². The molecule has 20 heavy (non-hydrogen) atoms. The number of hydrogen-bond donors (Lipinski definition) is 1. The maximum Gasteiger partial charge on any atom is 0.112 e. The predicted octanol–water partition coefficient (Wildman–Crippen LogP) is 3.51. The van der Waals surface area contributed by atoms with Crippen molar-refractivity contribution in [1.82, 2.24) is 9.55 Å². The number of nitrogens with zero attached hydrogens (tertiary/aromatic N) is 2. The minimum absolute atomic E-state index is 0.170. The first-order valence-electron chi connectivity index (χ1n) is 7.68. The van der Waals surface area contributed by atoms with Crippen LogP contribution in [-0.2, 0) is 13.5 Å². The first-order chi connectivity index (χ1) is 9.44. The Morgan fingerprint density at radius 1 is 1.30 bits per heavy atom. The van der Waals surface area contributed by atoms with Gasteiger partial charge in [0.2, 0.25) is 0 Å². The first-order valence-corrected chi connectivity index (χ1v) is 7.68. The Balaban J connectivity index is 1.98. The smallest absolute Gasteiger partial charge is 0.112 e. The second kappa shape index (κ2) is 4.88. The van der Waals surface area contributed by atoms with Crippen molar-refractivity contribution in [3.8, 4) is 0 Å². The summed E-state index contributed by atoms with van der Waals surface area (Å²) in [5.41, 5.74) is 9.59. The molecule has 0 saturated heterocycles. The van der Waals surface area contributed by atoms with Crippen LogP contribution in [-0.4, -0.2) is 15.1 Å². The van der Waals surface area contributed by atoms with Crippen LogP contribution in [0, 0.1) is 0 Å². The van der Waals surface area contributed by atoms with Crippen LogP contribution in [0.25, 0.3) is 11.0 Å². The average molecular weight is 271 g/mol. The number of nitrogens with two attached hydrogens (primary N) is 1. The van der Waals surface area contributed by atoms with Gasteiger partial charge in [-0.05, 0) is 50.8 Å². The summed E-state index contributed by atoms with van der Waals surface area (Å²) >= 11 is 0. The molecule has 3 heteroatoms. The standard InChI is InChI=1S/C17H25N3/c1-17(2,18)11-12-8-9-15-14(10-12)19-16(20(15)3)13-6-4-5-7-13/h8-10,13H,4-7,11,18H2,1-3H3. The highest BCUT2D eigenvalue weighted by molar-refractivity contribution is 5.77. The Morgan fingerprint density at radius 2 is 2.00 bits per heavy atom. The van der Waals surface area contributed by atoms with Gasteiger partial charge in [0.1, 0.15) is 5.82 Å². The van der Waals surface area contributed by atoms with Crippen molar-refractivity contribution in [2.75, 3.05) is 0 Å². The molecule has 2 N–H and O–H groups in total. The van der Waals surface area contributed by atoms with E-state index >= 15 is 0 Å². The molecule has 0 unspecified atom stereocenters. The van der Waals surface area contributed by atoms with Gasteiger partial charge in [-0.1, -0.05) is 18.9 Å². The van der Waals surface area contributed by atoms with Gasteiger partial charge in [0.25, 0.3) is 0 Å². The van der Waals surface area contributed by atoms with Crippen LogP contribution < -0.4 is 5.73 Å². The van der Waals surface area contributed by atoms with Gasteiger partial charge in [-0.3, -0.25) is 0 Å². The molecule has 1 aromatic carbocycles. The molecular weight excluding hydrogens is 246 g/mol. The number of hydrogen-bond acceptors (Lipinski definition) is 2. The van der Waals surface area contributed by atoms with Crippen molar-refractivity contribution in [3.63, 3.8) is 0 Å². The van der Waals surface area contributed by atoms with Gasteiger partial charge >= 0.3 is 0 Å². The van der Waals surface area contributed by atoms with E-state index in [1.807, 2.05) is 0 Å². The molecule has 1 aromatic heterocycles. The molecule has 1 aliphatic carbocycles. The summed E-state index contributed by atoms with van der Waals surface area (Å²) in [7, 11) is 2.15. The molecule has 1 aliphatic rings. The number of imidazole rings is 1. The summed E-state index contributed by atoms with van der Waals surface area (Å²) < 4.78 is 2.28. The van der Waals surface area contributed by atoms with E-state index in [0.29, 0.717) is 5.92 Å². The summed E-state index contributed by atoms with van der Waals surface area (Å²) in [6.07, 6.45) is 6.17. The van der Waals surface area contributed by atoms with Crippen molar-refractivity contribution in [2.24, 2.45) is 12.8 Å². The fourth-order valence-electron chi connectivity index (χ4n) is 3.45. The van der Waals surface area contributed by atoms with Gasteiger partial charge in [-0.25, -0.2) is 4.98 Å². The molecule has 1 fully saturated rings. The van der Waals surface area contributed by atoms with Crippen LogP contribution in [0.4, 0.5) is 0 Å². The Hall–Kier alpha value is -1.35. The number of fused-ring (bicyclic) bond motifs is 1. The van der Waals surface area contributed by atoms with Gasteiger partial charge in [-0.2, -0.15) is 0 Å². The third-order valence-electron chi connectivity index (χ3n) is 4.36. The third kappa shape index (κ3) is 2.59. The topological polar surface area (TPSA) is 43.8 Å². The van der Waals surface area contributed by atoms with Crippen LogP contribution in [0.5, 0.6) is 0 Å². The highest BCUT2D eigenvalue weighted by atomic mass is 15.1. The Kier molecular flexibility index (Phi) is 3.33. The maximum atomic E-state index is 6.12. The third-order valence-corrected chi connectivity index (χ3v) is 4.36. The van der Waals surface area contributed by atoms with E-state index in [1.165, 1.54) is 42.6 Å². The molecule has 3 rings (SSSR count). The Labute approximate surface area is 121 Å². The molecule has 108 valence electrons. The number of benzene rings is 1. The highest BCUT2D eigenvalue weighted by Gasteiger charge is 2.22. The number of aromatic nitrogens is 2. The van der Waals surface area contributed by atoms with Gasteiger partial charge in [0, 0.05) is 18.5 Å². The van der Waals surface area contributed by atoms with E-state index in [1.54, 1.807) is 0 Å². The molecule has 0 atom stereocenters. The fraction of sp³-hybridized carbons (Fsp3) is 0.588. The van der Waals surface area contributed by atoms with E-state index < -0.39 is 0 Å². The molecule has 0 spiro atoms. The highest BCUT2D eigenvalue weighted by Crippen LogP contribution is 2.34. The van der Waals surface area contributed by atoms with Crippen molar-refractivity contribution < 1.29 is 0 Å². The number of rotatable bonds is 3. The van der Waals surface area contributed by atoms with Gasteiger partial charge in [-0.15, -0.1) is 0 Å². The van der Waals surface area contributed by atoms with E-state index in [9.17, 15) is 0 Å². The van der Waals surface area contributed by atoms with Crippen molar-refractivity contribution in [1.29, 1.82) is 0 Å². The zero-order valence-corrected chi connectivity index (χ0v) is 12.8. The molecule has 1 saturated carbocycles. The normalized spacial score (nSPS) is 17.2. The molecule has 2 aromatic rings. The van der Waals surface area contributed by atoms with Crippen LogP contribution in [0.3, 0.4) is 0 Å². The average Bonchev–Trinajstić information content (AvgIpc) is 2.95. The van der Waals surface area contributed by atoms with Crippen LogP contribution in [0.15, 0.2) is 18.2 Å². The summed E-state index contributed by atoms with van der Waals surface area (Å²) in [6.45, 7) is 4.14. The van der Waals surface area contributed by atoms with Gasteiger partial charge in [0.15, 0.2) is 0 Å². The van der Waals surface area contributed by atoms with Crippen molar-refractivity contribution in [2.45, 2.75) is 57.4 Å². The lowest BCUT2D eigenvalue weighted by molar-refractivity contribution is 0.517. The molecule has 3 nitrogen and oxygen atoms in total. The lowest BCUT2D eigenvalue weighted by Gasteiger charge is -2.18. The summed E-state index contributed by atoms with van der Waals surface area (Å²) in [4.78, 5) is 4.91. The van der Waals surface area contributed by atoms with Gasteiger partial charge in [0.05, 0.1) is 11.0 Å².